The summed E-state index contributed by atoms with van der Waals surface area (Å²) in [6.07, 6.45) is 0.515. The van der Waals surface area contributed by atoms with Crippen molar-refractivity contribution in [3.05, 3.63) is 10.4 Å². The molecule has 21 heteroatoms. The smallest absolute Gasteiger partial charge is 0.323 e. The number of nitrogens with one attached hydrogen (secondary N) is 1. The standard InChI is InChI=1S/C30H55N9O12/c1-47-14-9-35(25(40)19-32-7-6-8-33-34-31)20-26(41)36(10-15-48-2)21-27(42)37(11-16-49-3)22-28(43)38(12-17-50-4)23-29(44)39(13-18-51-5)24-30(45)46/h32H,6-24H2,1-5H3,(H,45,46). The number of rotatable bonds is 31. The first kappa shape index (κ1) is 46.9. The lowest BCUT2D eigenvalue weighted by molar-refractivity contribution is -0.149. The largest absolute Gasteiger partial charge is 0.480 e. The molecular formula is C30H55N9O12. The van der Waals surface area contributed by atoms with E-state index in [-0.39, 0.29) is 91.3 Å². The molecule has 0 atom stereocenters. The topological polar surface area (TPSA) is 246 Å². The molecule has 0 aliphatic carbocycles. The lowest BCUT2D eigenvalue weighted by atomic mass is 10.3. The molecule has 0 fully saturated rings. The van der Waals surface area contributed by atoms with E-state index < -0.39 is 55.8 Å². The number of carbonyl (C=O) groups excluding carboxylic acids is 5. The van der Waals surface area contributed by atoms with Crippen molar-refractivity contribution in [2.45, 2.75) is 6.42 Å². The molecule has 0 spiro atoms. The van der Waals surface area contributed by atoms with Crippen molar-refractivity contribution in [1.29, 1.82) is 0 Å². The van der Waals surface area contributed by atoms with Gasteiger partial charge in [-0.05, 0) is 18.5 Å². The Balaban J connectivity index is 5.92. The Morgan fingerprint density at radius 2 is 0.882 bits per heavy atom. The minimum Gasteiger partial charge on any atom is -0.480 e. The quantitative estimate of drug-likeness (QED) is 0.0331. The number of carboxylic acid groups (broad SMARTS) is 1. The fourth-order valence-electron chi connectivity index (χ4n) is 4.31. The van der Waals surface area contributed by atoms with E-state index in [1.807, 2.05) is 0 Å². The lowest BCUT2D eigenvalue weighted by Crippen LogP contribution is -2.53. The highest BCUT2D eigenvalue weighted by Crippen LogP contribution is 2.04. The number of hydrogen-bond donors (Lipinski definition) is 2. The highest BCUT2D eigenvalue weighted by Gasteiger charge is 2.28. The maximum Gasteiger partial charge on any atom is 0.323 e. The zero-order chi connectivity index (χ0) is 38.4. The fraction of sp³-hybridized carbons (Fsp3) is 0.800. The van der Waals surface area contributed by atoms with Crippen molar-refractivity contribution in [2.75, 3.05) is 154 Å². The van der Waals surface area contributed by atoms with Crippen LogP contribution in [0.2, 0.25) is 0 Å². The van der Waals surface area contributed by atoms with Crippen molar-refractivity contribution < 1.29 is 57.6 Å². The molecule has 0 aromatic heterocycles. The molecule has 2 N–H and O–H groups in total. The highest BCUT2D eigenvalue weighted by atomic mass is 16.5. The van der Waals surface area contributed by atoms with Gasteiger partial charge >= 0.3 is 5.97 Å². The number of methoxy groups -OCH3 is 5. The molecule has 0 rings (SSSR count). The van der Waals surface area contributed by atoms with Gasteiger partial charge in [0.05, 0.1) is 65.8 Å². The summed E-state index contributed by atoms with van der Waals surface area (Å²) < 4.78 is 25.5. The molecule has 0 saturated heterocycles. The summed E-state index contributed by atoms with van der Waals surface area (Å²) in [4.78, 5) is 86.7. The number of carbonyl (C=O) groups is 6. The summed E-state index contributed by atoms with van der Waals surface area (Å²) in [5.41, 5.74) is 8.39. The summed E-state index contributed by atoms with van der Waals surface area (Å²) in [6, 6.07) is 0. The molecule has 21 nitrogen and oxygen atoms in total. The Bertz CT molecular complexity index is 1110. The van der Waals surface area contributed by atoms with Crippen LogP contribution in [0.3, 0.4) is 0 Å². The Kier molecular flexibility index (Phi) is 27.2. The first-order chi connectivity index (χ1) is 24.5. The number of azide groups is 1. The summed E-state index contributed by atoms with van der Waals surface area (Å²) >= 11 is 0. The van der Waals surface area contributed by atoms with Crippen LogP contribution in [-0.2, 0) is 52.5 Å². The van der Waals surface area contributed by atoms with Gasteiger partial charge in [-0.3, -0.25) is 28.8 Å². The molecule has 0 radical (unpaired) electrons. The number of aliphatic carboxylic acids is 1. The van der Waals surface area contributed by atoms with Gasteiger partial charge < -0.3 is 58.6 Å². The number of ether oxygens (including phenoxy) is 5. The van der Waals surface area contributed by atoms with Crippen molar-refractivity contribution in [2.24, 2.45) is 5.11 Å². The van der Waals surface area contributed by atoms with Gasteiger partial charge in [-0.15, -0.1) is 0 Å². The molecule has 0 aliphatic rings. The normalized spacial score (nSPS) is 10.6. The van der Waals surface area contributed by atoms with Crippen LogP contribution < -0.4 is 5.32 Å². The van der Waals surface area contributed by atoms with Crippen LogP contribution in [0.4, 0.5) is 0 Å². The molecule has 0 aliphatic heterocycles. The zero-order valence-electron chi connectivity index (χ0n) is 30.5. The van der Waals surface area contributed by atoms with Crippen LogP contribution in [0.25, 0.3) is 10.4 Å². The summed E-state index contributed by atoms with van der Waals surface area (Å²) in [5, 5.41) is 15.6. The van der Waals surface area contributed by atoms with Crippen LogP contribution in [0.15, 0.2) is 5.11 Å². The van der Waals surface area contributed by atoms with E-state index in [4.69, 9.17) is 29.2 Å². The minimum atomic E-state index is -1.24. The predicted molar refractivity (Wildman–Crippen MR) is 181 cm³/mol. The highest BCUT2D eigenvalue weighted by molar-refractivity contribution is 5.92. The number of hydrogen-bond acceptors (Lipinski definition) is 13. The molecule has 0 bridgehead atoms. The molecule has 0 heterocycles. The number of amides is 5. The number of nitrogens with zero attached hydrogens (tertiary/aromatic N) is 8. The zero-order valence-corrected chi connectivity index (χ0v) is 30.5. The van der Waals surface area contributed by atoms with Crippen LogP contribution in [0.1, 0.15) is 6.42 Å². The fourth-order valence-corrected chi connectivity index (χ4v) is 4.31. The van der Waals surface area contributed by atoms with Crippen molar-refractivity contribution in [1.82, 2.24) is 29.8 Å². The van der Waals surface area contributed by atoms with Gasteiger partial charge in [0, 0.05) is 79.7 Å². The third-order valence-corrected chi connectivity index (χ3v) is 7.17. The van der Waals surface area contributed by atoms with E-state index >= 15 is 0 Å². The minimum absolute atomic E-state index is 0.00641. The van der Waals surface area contributed by atoms with Gasteiger partial charge in [-0.1, -0.05) is 5.11 Å². The third kappa shape index (κ3) is 21.7. The van der Waals surface area contributed by atoms with Crippen LogP contribution in [0.5, 0.6) is 0 Å². The summed E-state index contributed by atoms with van der Waals surface area (Å²) in [7, 11) is 7.12. The maximum absolute atomic E-state index is 13.7. The van der Waals surface area contributed by atoms with Gasteiger partial charge in [-0.2, -0.15) is 0 Å². The molecule has 51 heavy (non-hydrogen) atoms. The summed E-state index contributed by atoms with van der Waals surface area (Å²) in [5.74, 6) is -4.03. The molecule has 292 valence electrons. The molecule has 0 saturated carbocycles. The summed E-state index contributed by atoms with van der Waals surface area (Å²) in [6.45, 7) is -1.29. The second-order valence-corrected chi connectivity index (χ2v) is 10.9. The Labute approximate surface area is 298 Å². The van der Waals surface area contributed by atoms with Crippen LogP contribution in [-0.4, -0.2) is 219 Å². The van der Waals surface area contributed by atoms with Gasteiger partial charge in [0.2, 0.25) is 29.5 Å². The molecule has 0 unspecified atom stereocenters. The van der Waals surface area contributed by atoms with Crippen molar-refractivity contribution >= 4 is 35.5 Å². The first-order valence-electron chi connectivity index (χ1n) is 16.3. The van der Waals surface area contributed by atoms with Gasteiger partial charge in [-0.25, -0.2) is 0 Å². The monoisotopic (exact) mass is 733 g/mol. The molecule has 0 aromatic rings. The predicted octanol–water partition coefficient (Wildman–Crippen LogP) is -2.26. The number of carboxylic acids is 1. The SMILES string of the molecule is COCCN(CC(=O)O)C(=O)CN(CCOC)C(=O)CN(CCOC)C(=O)CN(CCOC)C(=O)CN(CCOC)C(=O)CNCCCN=[N+]=[N-]. The van der Waals surface area contributed by atoms with E-state index in [2.05, 4.69) is 15.3 Å². The average molecular weight is 734 g/mol. The van der Waals surface area contributed by atoms with E-state index in [1.165, 1.54) is 55.1 Å². The van der Waals surface area contributed by atoms with Crippen LogP contribution >= 0.6 is 0 Å². The molecule has 5 amide bonds. The Morgan fingerprint density at radius 3 is 1.18 bits per heavy atom. The van der Waals surface area contributed by atoms with Crippen LogP contribution in [0, 0.1) is 0 Å². The lowest BCUT2D eigenvalue weighted by Gasteiger charge is -2.31. The maximum atomic E-state index is 13.7. The van der Waals surface area contributed by atoms with Gasteiger partial charge in [0.15, 0.2) is 0 Å². The Hall–Kier alpha value is -4.11. The van der Waals surface area contributed by atoms with E-state index in [0.717, 1.165) is 4.90 Å². The van der Waals surface area contributed by atoms with E-state index in [9.17, 15) is 33.9 Å². The van der Waals surface area contributed by atoms with Gasteiger partial charge in [0.25, 0.3) is 0 Å². The average Bonchev–Trinajstić information content (AvgIpc) is 3.10. The van der Waals surface area contributed by atoms with Crippen molar-refractivity contribution in [3.8, 4) is 0 Å². The second-order valence-electron chi connectivity index (χ2n) is 10.9. The van der Waals surface area contributed by atoms with E-state index in [1.54, 1.807) is 0 Å². The first-order valence-corrected chi connectivity index (χ1v) is 16.3. The van der Waals surface area contributed by atoms with E-state index in [0.29, 0.717) is 13.0 Å². The van der Waals surface area contributed by atoms with Gasteiger partial charge in [0.1, 0.15) is 6.54 Å². The molecule has 0 aromatic carbocycles. The Morgan fingerprint density at radius 1 is 0.569 bits per heavy atom. The molecular weight excluding hydrogens is 678 g/mol. The third-order valence-electron chi connectivity index (χ3n) is 7.17. The second kappa shape index (κ2) is 29.6. The van der Waals surface area contributed by atoms with Crippen molar-refractivity contribution in [3.63, 3.8) is 0 Å².